The highest BCUT2D eigenvalue weighted by Crippen LogP contribution is 2.20. The number of thiazole rings is 1. The molecule has 0 radical (unpaired) electrons. The molecule has 0 unspecified atom stereocenters. The van der Waals surface area contributed by atoms with Crippen LogP contribution >= 0.6 is 11.3 Å². The zero-order valence-corrected chi connectivity index (χ0v) is 20.4. The van der Waals surface area contributed by atoms with Crippen LogP contribution in [0.5, 0.6) is 0 Å². The van der Waals surface area contributed by atoms with Crippen molar-refractivity contribution in [1.82, 2.24) is 9.72 Å². The number of ether oxygens (including phenoxy) is 2. The van der Waals surface area contributed by atoms with Crippen LogP contribution in [-0.4, -0.2) is 67.6 Å². The van der Waals surface area contributed by atoms with Crippen LogP contribution in [0.1, 0.15) is 16.1 Å². The zero-order chi connectivity index (χ0) is 25.8. The molecule has 1 aromatic carbocycles. The normalized spacial score (nSPS) is 11.9. The van der Waals surface area contributed by atoms with Gasteiger partial charge in [0.2, 0.25) is 5.91 Å². The van der Waals surface area contributed by atoms with Crippen LogP contribution in [-0.2, 0) is 40.2 Å². The molecule has 2 amide bonds. The molecule has 15 heteroatoms. The van der Waals surface area contributed by atoms with Crippen molar-refractivity contribution in [2.45, 2.75) is 13.5 Å². The minimum atomic E-state index is -4.18. The maximum Gasteiger partial charge on any atom is 0.337 e. The number of nitrogens with zero attached hydrogens (tertiary/aromatic N) is 3. The SMILES string of the molecule is COC(=O)Cn1c(=NC(=O)CS(=O)(=O)CC(=O)Nc2cc(C)on2)sc2cc(C(=O)OC)ccc21. The Bertz CT molecular complexity index is 1480. The number of carbonyl (C=O) groups is 4. The van der Waals surface area contributed by atoms with Gasteiger partial charge < -0.3 is 23.9 Å². The van der Waals surface area contributed by atoms with Gasteiger partial charge in [-0.2, -0.15) is 4.99 Å². The van der Waals surface area contributed by atoms with Gasteiger partial charge in [-0.1, -0.05) is 16.5 Å². The number of anilines is 1. The van der Waals surface area contributed by atoms with Crippen molar-refractivity contribution >= 4 is 61.0 Å². The Morgan fingerprint density at radius 2 is 1.89 bits per heavy atom. The second-order valence-electron chi connectivity index (χ2n) is 7.13. The van der Waals surface area contributed by atoms with E-state index in [-0.39, 0.29) is 22.7 Å². The molecule has 1 N–H and O–H groups in total. The van der Waals surface area contributed by atoms with E-state index in [9.17, 15) is 27.6 Å². The van der Waals surface area contributed by atoms with Gasteiger partial charge in [0, 0.05) is 6.07 Å². The summed E-state index contributed by atoms with van der Waals surface area (Å²) >= 11 is 0.958. The van der Waals surface area contributed by atoms with Crippen LogP contribution in [0.3, 0.4) is 0 Å². The Morgan fingerprint density at radius 1 is 1.14 bits per heavy atom. The third-order valence-electron chi connectivity index (χ3n) is 4.43. The van der Waals surface area contributed by atoms with Gasteiger partial charge in [-0.25, -0.2) is 13.2 Å². The molecule has 0 saturated heterocycles. The second-order valence-corrected chi connectivity index (χ2v) is 10.2. The van der Waals surface area contributed by atoms with Crippen molar-refractivity contribution in [1.29, 1.82) is 0 Å². The van der Waals surface area contributed by atoms with E-state index in [2.05, 4.69) is 20.2 Å². The number of nitrogens with one attached hydrogen (secondary N) is 1. The number of aromatic nitrogens is 2. The second kappa shape index (κ2) is 10.6. The molecule has 13 nitrogen and oxygen atoms in total. The molecule has 3 aromatic rings. The van der Waals surface area contributed by atoms with Crippen molar-refractivity contribution in [2.24, 2.45) is 4.99 Å². The highest BCUT2D eigenvalue weighted by molar-refractivity contribution is 7.92. The zero-order valence-electron chi connectivity index (χ0n) is 18.8. The number of carbonyl (C=O) groups excluding carboxylic acids is 4. The first kappa shape index (κ1) is 25.8. The molecule has 0 bridgehead atoms. The van der Waals surface area contributed by atoms with Crippen molar-refractivity contribution in [3.63, 3.8) is 0 Å². The third-order valence-corrected chi connectivity index (χ3v) is 6.86. The summed E-state index contributed by atoms with van der Waals surface area (Å²) in [6.45, 7) is 1.28. The minimum absolute atomic E-state index is 0.00939. The van der Waals surface area contributed by atoms with E-state index in [0.717, 1.165) is 11.3 Å². The highest BCUT2D eigenvalue weighted by atomic mass is 32.2. The molecule has 35 heavy (non-hydrogen) atoms. The minimum Gasteiger partial charge on any atom is -0.468 e. The number of hydrogen-bond donors (Lipinski definition) is 1. The molecule has 2 aromatic heterocycles. The van der Waals surface area contributed by atoms with Crippen LogP contribution in [0.25, 0.3) is 10.2 Å². The largest absolute Gasteiger partial charge is 0.468 e. The Kier molecular flexibility index (Phi) is 7.81. The van der Waals surface area contributed by atoms with Crippen molar-refractivity contribution in [2.75, 3.05) is 31.0 Å². The molecule has 0 aliphatic rings. The van der Waals surface area contributed by atoms with Crippen molar-refractivity contribution in [3.05, 3.63) is 40.4 Å². The fourth-order valence-electron chi connectivity index (χ4n) is 2.93. The Labute approximate surface area is 202 Å². The average molecular weight is 525 g/mol. The van der Waals surface area contributed by atoms with E-state index >= 15 is 0 Å². The maximum absolute atomic E-state index is 12.5. The number of rotatable bonds is 8. The Morgan fingerprint density at radius 3 is 2.51 bits per heavy atom. The summed E-state index contributed by atoms with van der Waals surface area (Å²) in [5.41, 5.74) is 0.699. The molecule has 0 spiro atoms. The molecule has 0 aliphatic carbocycles. The summed E-state index contributed by atoms with van der Waals surface area (Å²) in [5, 5.41) is 5.79. The fourth-order valence-corrected chi connectivity index (χ4v) is 5.03. The summed E-state index contributed by atoms with van der Waals surface area (Å²) in [6.07, 6.45) is 0. The van der Waals surface area contributed by atoms with Gasteiger partial charge in [0.25, 0.3) is 5.91 Å². The quantitative estimate of drug-likeness (QED) is 0.407. The number of amides is 2. The molecule has 0 atom stereocenters. The van der Waals surface area contributed by atoms with Crippen molar-refractivity contribution in [3.8, 4) is 0 Å². The summed E-state index contributed by atoms with van der Waals surface area (Å²) in [6, 6.07) is 5.91. The summed E-state index contributed by atoms with van der Waals surface area (Å²) in [5.74, 6) is -4.73. The number of benzene rings is 1. The van der Waals surface area contributed by atoms with Crippen LogP contribution in [0.4, 0.5) is 5.82 Å². The highest BCUT2D eigenvalue weighted by Gasteiger charge is 2.22. The first-order valence-corrected chi connectivity index (χ1v) is 12.4. The van der Waals surface area contributed by atoms with Crippen LogP contribution in [0.15, 0.2) is 33.8 Å². The standard InChI is InChI=1S/C20H20N4O9S2/c1-11-6-15(23-33-11)21-16(25)9-35(29,30)10-17(26)22-20-24(8-18(27)31-2)13-5-4-12(19(28)32-3)7-14(13)34-20/h4-7H,8-10H2,1-3H3,(H,21,23,25). The lowest BCUT2D eigenvalue weighted by Crippen LogP contribution is -2.28. The number of fused-ring (bicyclic) bond motifs is 1. The van der Waals surface area contributed by atoms with E-state index in [1.807, 2.05) is 0 Å². The van der Waals surface area contributed by atoms with E-state index in [1.165, 1.54) is 43.1 Å². The fraction of sp³-hybridized carbons (Fsp3) is 0.300. The molecule has 0 fully saturated rings. The van der Waals surface area contributed by atoms with E-state index < -0.39 is 45.1 Å². The number of sulfone groups is 1. The van der Waals surface area contributed by atoms with Gasteiger partial charge in [0.05, 0.1) is 30.0 Å². The van der Waals surface area contributed by atoms with Gasteiger partial charge >= 0.3 is 11.9 Å². The Balaban J connectivity index is 1.86. The topological polar surface area (TPSA) is 176 Å². The van der Waals surface area contributed by atoms with E-state index in [0.29, 0.717) is 16.0 Å². The Hall–Kier alpha value is -3.85. The number of esters is 2. The van der Waals surface area contributed by atoms with E-state index in [1.54, 1.807) is 6.92 Å². The molecule has 0 aliphatic heterocycles. The van der Waals surface area contributed by atoms with Crippen LogP contribution in [0.2, 0.25) is 0 Å². The lowest BCUT2D eigenvalue weighted by Gasteiger charge is -2.05. The first-order valence-electron chi connectivity index (χ1n) is 9.81. The van der Waals surface area contributed by atoms with E-state index in [4.69, 9.17) is 9.26 Å². The van der Waals surface area contributed by atoms with Gasteiger partial charge in [0.15, 0.2) is 20.5 Å². The molecule has 0 saturated carbocycles. The lowest BCUT2D eigenvalue weighted by molar-refractivity contribution is -0.141. The van der Waals surface area contributed by atoms with Gasteiger partial charge in [-0.3, -0.25) is 14.4 Å². The summed E-state index contributed by atoms with van der Waals surface area (Å²) < 4.78 is 40.7. The number of hydrogen-bond acceptors (Lipinski definition) is 11. The number of methoxy groups -OCH3 is 2. The number of aryl methyl sites for hydroxylation is 1. The van der Waals surface area contributed by atoms with Gasteiger partial charge in [0.1, 0.15) is 23.8 Å². The van der Waals surface area contributed by atoms with Crippen molar-refractivity contribution < 1.29 is 41.6 Å². The smallest absolute Gasteiger partial charge is 0.337 e. The summed E-state index contributed by atoms with van der Waals surface area (Å²) in [7, 11) is -1.76. The average Bonchev–Trinajstić information content (AvgIpc) is 3.33. The van der Waals surface area contributed by atoms with Crippen LogP contribution < -0.4 is 10.1 Å². The molecule has 2 heterocycles. The molecular formula is C20H20N4O9S2. The predicted octanol–water partition coefficient (Wildman–Crippen LogP) is 0.440. The maximum atomic E-state index is 12.5. The van der Waals surface area contributed by atoms with Crippen LogP contribution in [0, 0.1) is 6.92 Å². The van der Waals surface area contributed by atoms with Gasteiger partial charge in [-0.05, 0) is 25.1 Å². The lowest BCUT2D eigenvalue weighted by atomic mass is 10.2. The van der Waals surface area contributed by atoms with Gasteiger partial charge in [-0.15, -0.1) is 0 Å². The molecule has 3 rings (SSSR count). The molecule has 186 valence electrons. The third kappa shape index (κ3) is 6.60. The first-order chi connectivity index (χ1) is 16.5. The predicted molar refractivity (Wildman–Crippen MR) is 122 cm³/mol. The monoisotopic (exact) mass is 524 g/mol. The summed E-state index contributed by atoms with van der Waals surface area (Å²) in [4.78, 5) is 52.1. The molecular weight excluding hydrogens is 504 g/mol.